The number of hydrogen-bond acceptors (Lipinski definition) is 5. The quantitative estimate of drug-likeness (QED) is 0.466. The number of carbonyl (C=O) groups is 2. The normalized spacial score (nSPS) is 11.0. The molecule has 2 aromatic carbocycles. The summed E-state index contributed by atoms with van der Waals surface area (Å²) in [5.74, 6) is -0.233. The summed E-state index contributed by atoms with van der Waals surface area (Å²) in [6.45, 7) is 3.88. The molecule has 8 nitrogen and oxygen atoms in total. The molecule has 0 unspecified atom stereocenters. The van der Waals surface area contributed by atoms with Crippen molar-refractivity contribution in [1.29, 1.82) is 0 Å². The van der Waals surface area contributed by atoms with Crippen LogP contribution >= 0.6 is 15.9 Å². The van der Waals surface area contributed by atoms with Crippen molar-refractivity contribution in [2.24, 2.45) is 0 Å². The largest absolute Gasteiger partial charge is 0.494 e. The van der Waals surface area contributed by atoms with E-state index in [2.05, 4.69) is 31.3 Å². The first-order valence-corrected chi connectivity index (χ1v) is 11.5. The Morgan fingerprint density at radius 2 is 1.77 bits per heavy atom. The van der Waals surface area contributed by atoms with Crippen molar-refractivity contribution in [3.8, 4) is 5.75 Å². The summed E-state index contributed by atoms with van der Waals surface area (Å²) in [6, 6.07) is 11.4. The minimum Gasteiger partial charge on any atom is -0.494 e. The highest BCUT2D eigenvalue weighted by atomic mass is 79.9. The number of anilines is 1. The first kappa shape index (κ1) is 23.8. The molecule has 0 heterocycles. The molecule has 0 spiro atoms. The van der Waals surface area contributed by atoms with Gasteiger partial charge in [-0.05, 0) is 61.9 Å². The lowest BCUT2D eigenvalue weighted by molar-refractivity contribution is -0.124. The molecular formula is C20H24BrN3O5S. The molecule has 0 atom stereocenters. The van der Waals surface area contributed by atoms with Gasteiger partial charge in [0.25, 0.3) is 0 Å². The number of benzene rings is 2. The average Bonchev–Trinajstić information content (AvgIpc) is 2.69. The zero-order valence-corrected chi connectivity index (χ0v) is 19.1. The Labute approximate surface area is 184 Å². The lowest BCUT2D eigenvalue weighted by Gasteiger charge is -2.10. The molecule has 0 aliphatic heterocycles. The van der Waals surface area contributed by atoms with Gasteiger partial charge in [0, 0.05) is 23.1 Å². The van der Waals surface area contributed by atoms with E-state index in [0.29, 0.717) is 18.0 Å². The number of aryl methyl sites for hydroxylation is 1. The standard InChI is InChI=1S/C20H24BrN3O5S/c1-3-29-16-5-7-17(8-6-16)30(27,28)23-11-10-19(25)22-13-20(26)24-18-9-4-15(21)12-14(18)2/h4-9,12,23H,3,10-11,13H2,1-2H3,(H,22,25)(H,24,26). The summed E-state index contributed by atoms with van der Waals surface area (Å²) in [6.07, 6.45) is -0.0964. The van der Waals surface area contributed by atoms with E-state index in [1.165, 1.54) is 12.1 Å². The third-order valence-corrected chi connectivity index (χ3v) is 5.97. The summed E-state index contributed by atoms with van der Waals surface area (Å²) in [7, 11) is -3.74. The van der Waals surface area contributed by atoms with Gasteiger partial charge in [0.05, 0.1) is 18.0 Å². The van der Waals surface area contributed by atoms with Gasteiger partial charge in [-0.1, -0.05) is 15.9 Å². The van der Waals surface area contributed by atoms with E-state index in [1.807, 2.05) is 19.9 Å². The van der Waals surface area contributed by atoms with Gasteiger partial charge in [0.15, 0.2) is 0 Å². The molecule has 162 valence electrons. The predicted octanol–water partition coefficient (Wildman–Crippen LogP) is 2.58. The lowest BCUT2D eigenvalue weighted by Crippen LogP contribution is -2.35. The van der Waals surface area contributed by atoms with Crippen LogP contribution in [-0.2, 0) is 19.6 Å². The molecule has 0 saturated carbocycles. The van der Waals surface area contributed by atoms with Crippen LogP contribution < -0.4 is 20.1 Å². The molecular weight excluding hydrogens is 474 g/mol. The second-order valence-electron chi connectivity index (χ2n) is 6.34. The van der Waals surface area contributed by atoms with Crippen molar-refractivity contribution in [1.82, 2.24) is 10.0 Å². The Bertz CT molecular complexity index is 994. The van der Waals surface area contributed by atoms with Crippen LogP contribution in [0.15, 0.2) is 51.8 Å². The molecule has 30 heavy (non-hydrogen) atoms. The zero-order chi connectivity index (χ0) is 22.1. The fourth-order valence-corrected chi connectivity index (χ4v) is 4.00. The number of halogens is 1. The van der Waals surface area contributed by atoms with E-state index in [1.54, 1.807) is 24.3 Å². The molecule has 2 amide bonds. The van der Waals surface area contributed by atoms with Gasteiger partial charge in [0.2, 0.25) is 21.8 Å². The van der Waals surface area contributed by atoms with Gasteiger partial charge in [-0.3, -0.25) is 9.59 Å². The van der Waals surface area contributed by atoms with Gasteiger partial charge >= 0.3 is 0 Å². The van der Waals surface area contributed by atoms with E-state index >= 15 is 0 Å². The van der Waals surface area contributed by atoms with Crippen molar-refractivity contribution < 1.29 is 22.7 Å². The summed E-state index contributed by atoms with van der Waals surface area (Å²) < 4.78 is 33.1. The van der Waals surface area contributed by atoms with Crippen LogP contribution in [-0.4, -0.2) is 39.9 Å². The van der Waals surface area contributed by atoms with E-state index in [-0.39, 0.29) is 30.3 Å². The molecule has 0 saturated heterocycles. The number of hydrogen-bond donors (Lipinski definition) is 3. The fraction of sp³-hybridized carbons (Fsp3) is 0.300. The highest BCUT2D eigenvalue weighted by Gasteiger charge is 2.14. The SMILES string of the molecule is CCOc1ccc(S(=O)(=O)NCCC(=O)NCC(=O)Nc2ccc(Br)cc2C)cc1. The monoisotopic (exact) mass is 497 g/mol. The third kappa shape index (κ3) is 7.43. The van der Waals surface area contributed by atoms with Crippen molar-refractivity contribution in [2.45, 2.75) is 25.2 Å². The zero-order valence-electron chi connectivity index (χ0n) is 16.7. The molecule has 0 aliphatic rings. The molecule has 0 aromatic heterocycles. The Hall–Kier alpha value is -2.43. The van der Waals surface area contributed by atoms with Crippen LogP contribution in [0.2, 0.25) is 0 Å². The molecule has 2 aromatic rings. The third-order valence-electron chi connectivity index (χ3n) is 4.00. The van der Waals surface area contributed by atoms with Crippen molar-refractivity contribution in [3.05, 3.63) is 52.5 Å². The minimum atomic E-state index is -3.74. The van der Waals surface area contributed by atoms with E-state index in [9.17, 15) is 18.0 Å². The Kier molecular flexibility index (Phi) is 8.82. The summed E-state index contributed by atoms with van der Waals surface area (Å²) >= 11 is 3.35. The first-order valence-electron chi connectivity index (χ1n) is 9.26. The van der Waals surface area contributed by atoms with Crippen LogP contribution in [0.4, 0.5) is 5.69 Å². The van der Waals surface area contributed by atoms with Crippen LogP contribution in [0.25, 0.3) is 0 Å². The maximum atomic E-state index is 12.3. The highest BCUT2D eigenvalue weighted by molar-refractivity contribution is 9.10. The molecule has 3 N–H and O–H groups in total. The van der Waals surface area contributed by atoms with E-state index in [4.69, 9.17) is 4.74 Å². The van der Waals surface area contributed by atoms with Gasteiger partial charge < -0.3 is 15.4 Å². The molecule has 10 heteroatoms. The average molecular weight is 498 g/mol. The van der Waals surface area contributed by atoms with Crippen LogP contribution in [0.5, 0.6) is 5.75 Å². The number of sulfonamides is 1. The van der Waals surface area contributed by atoms with Crippen molar-refractivity contribution in [2.75, 3.05) is 25.0 Å². The summed E-state index contributed by atoms with van der Waals surface area (Å²) in [5.41, 5.74) is 1.54. The van der Waals surface area contributed by atoms with E-state index < -0.39 is 15.9 Å². The molecule has 2 rings (SSSR count). The van der Waals surface area contributed by atoms with Crippen molar-refractivity contribution in [3.63, 3.8) is 0 Å². The lowest BCUT2D eigenvalue weighted by atomic mass is 10.2. The second-order valence-corrected chi connectivity index (χ2v) is 9.02. The topological polar surface area (TPSA) is 114 Å². The molecule has 0 radical (unpaired) electrons. The first-order chi connectivity index (χ1) is 14.2. The number of nitrogens with one attached hydrogen (secondary N) is 3. The van der Waals surface area contributed by atoms with Crippen LogP contribution in [0.1, 0.15) is 18.9 Å². The highest BCUT2D eigenvalue weighted by Crippen LogP contribution is 2.19. The molecule has 0 aliphatic carbocycles. The minimum absolute atomic E-state index is 0.0793. The van der Waals surface area contributed by atoms with Gasteiger partial charge in [0.1, 0.15) is 5.75 Å². The molecule has 0 bridgehead atoms. The predicted molar refractivity (Wildman–Crippen MR) is 118 cm³/mol. The maximum Gasteiger partial charge on any atom is 0.243 e. The summed E-state index contributed by atoms with van der Waals surface area (Å²) in [5, 5.41) is 5.18. The summed E-state index contributed by atoms with van der Waals surface area (Å²) in [4.78, 5) is 24.0. The molecule has 0 fully saturated rings. The van der Waals surface area contributed by atoms with Crippen LogP contribution in [0, 0.1) is 6.92 Å². The smallest absolute Gasteiger partial charge is 0.243 e. The van der Waals surface area contributed by atoms with Gasteiger partial charge in [-0.25, -0.2) is 13.1 Å². The van der Waals surface area contributed by atoms with Crippen LogP contribution in [0.3, 0.4) is 0 Å². The number of amides is 2. The van der Waals surface area contributed by atoms with E-state index in [0.717, 1.165) is 10.0 Å². The van der Waals surface area contributed by atoms with Gasteiger partial charge in [-0.2, -0.15) is 0 Å². The Morgan fingerprint density at radius 1 is 1.07 bits per heavy atom. The Balaban J connectivity index is 1.75. The van der Waals surface area contributed by atoms with Crippen molar-refractivity contribution >= 4 is 43.5 Å². The Morgan fingerprint density at radius 3 is 2.40 bits per heavy atom. The fourth-order valence-electron chi connectivity index (χ4n) is 2.49. The number of rotatable bonds is 10. The number of carbonyl (C=O) groups excluding carboxylic acids is 2. The van der Waals surface area contributed by atoms with Gasteiger partial charge in [-0.15, -0.1) is 0 Å². The second kappa shape index (κ2) is 11.1. The number of ether oxygens (including phenoxy) is 1. The maximum absolute atomic E-state index is 12.3.